The van der Waals surface area contributed by atoms with Crippen LogP contribution in [0.15, 0.2) is 42.5 Å². The summed E-state index contributed by atoms with van der Waals surface area (Å²) in [5.74, 6) is 0.792. The molecule has 0 radical (unpaired) electrons. The van der Waals surface area contributed by atoms with Crippen LogP contribution < -0.4 is 5.73 Å². The van der Waals surface area contributed by atoms with Gasteiger partial charge in [0, 0.05) is 6.04 Å². The van der Waals surface area contributed by atoms with Crippen molar-refractivity contribution in [2.75, 3.05) is 0 Å². The van der Waals surface area contributed by atoms with E-state index in [1.165, 1.54) is 42.0 Å². The molecule has 0 saturated carbocycles. The molecule has 0 bridgehead atoms. The molecule has 2 aromatic rings. The summed E-state index contributed by atoms with van der Waals surface area (Å²) in [5, 5.41) is 2.63. The van der Waals surface area contributed by atoms with Gasteiger partial charge in [0.25, 0.3) is 0 Å². The Morgan fingerprint density at radius 1 is 1.00 bits per heavy atom. The zero-order valence-electron chi connectivity index (χ0n) is 13.5. The van der Waals surface area contributed by atoms with Crippen LogP contribution in [0.25, 0.3) is 10.8 Å². The first-order chi connectivity index (χ1) is 10.2. The molecule has 2 rings (SSSR count). The number of unbranched alkanes of at least 4 members (excludes halogenated alkanes) is 1. The van der Waals surface area contributed by atoms with Gasteiger partial charge >= 0.3 is 0 Å². The largest absolute Gasteiger partial charge is 0.327 e. The molecular formula is C20H29N. The number of benzene rings is 2. The molecule has 0 saturated heterocycles. The molecule has 0 aromatic heterocycles. The van der Waals surface area contributed by atoms with E-state index >= 15 is 0 Å². The monoisotopic (exact) mass is 283 g/mol. The minimum absolute atomic E-state index is 0.285. The van der Waals surface area contributed by atoms with Crippen molar-refractivity contribution < 1.29 is 0 Å². The average molecular weight is 283 g/mol. The van der Waals surface area contributed by atoms with Crippen LogP contribution in [-0.2, 0) is 6.42 Å². The van der Waals surface area contributed by atoms with E-state index in [1.807, 2.05) is 0 Å². The number of fused-ring (bicyclic) bond motifs is 1. The molecule has 0 fully saturated rings. The summed E-state index contributed by atoms with van der Waals surface area (Å²) in [6.45, 7) is 4.56. The standard InChI is InChI=1S/C20H29N/c1-3-5-8-16(4-2)14-20(21)15-17-11-12-18-9-6-7-10-19(18)13-17/h6-7,9-13,16,20H,3-5,8,14-15,21H2,1-2H3. The lowest BCUT2D eigenvalue weighted by molar-refractivity contribution is 0.383. The topological polar surface area (TPSA) is 26.0 Å². The zero-order valence-corrected chi connectivity index (χ0v) is 13.5. The first kappa shape index (κ1) is 16.0. The Hall–Kier alpha value is -1.34. The number of nitrogens with two attached hydrogens (primary N) is 1. The van der Waals surface area contributed by atoms with Gasteiger partial charge in [-0.2, -0.15) is 0 Å². The minimum Gasteiger partial charge on any atom is -0.327 e. The molecule has 1 heteroatoms. The third kappa shape index (κ3) is 4.86. The molecule has 0 amide bonds. The second-order valence-electron chi connectivity index (χ2n) is 6.30. The first-order valence-electron chi connectivity index (χ1n) is 8.46. The molecule has 114 valence electrons. The Bertz CT molecular complexity index is 546. The molecule has 0 spiro atoms. The molecule has 2 N–H and O–H groups in total. The second kappa shape index (κ2) is 8.19. The maximum absolute atomic E-state index is 6.40. The molecule has 0 heterocycles. The smallest absolute Gasteiger partial charge is 0.00819 e. The lowest BCUT2D eigenvalue weighted by Gasteiger charge is -2.19. The highest BCUT2D eigenvalue weighted by Gasteiger charge is 2.12. The van der Waals surface area contributed by atoms with Crippen LogP contribution in [0.3, 0.4) is 0 Å². The Labute approximate surface area is 129 Å². The van der Waals surface area contributed by atoms with Gasteiger partial charge in [-0.25, -0.2) is 0 Å². The molecule has 1 nitrogen and oxygen atoms in total. The minimum atomic E-state index is 0.285. The van der Waals surface area contributed by atoms with Crippen molar-refractivity contribution in [2.24, 2.45) is 11.7 Å². The van der Waals surface area contributed by atoms with Crippen molar-refractivity contribution >= 4 is 10.8 Å². The lowest BCUT2D eigenvalue weighted by Crippen LogP contribution is -2.26. The Kier molecular flexibility index (Phi) is 6.25. The highest BCUT2D eigenvalue weighted by molar-refractivity contribution is 5.82. The van der Waals surface area contributed by atoms with E-state index in [-0.39, 0.29) is 6.04 Å². The van der Waals surface area contributed by atoms with Gasteiger partial charge in [-0.3, -0.25) is 0 Å². The predicted octanol–water partition coefficient (Wildman–Crippen LogP) is 5.32. The Balaban J connectivity index is 1.95. The molecule has 0 aliphatic heterocycles. The van der Waals surface area contributed by atoms with Gasteiger partial charge in [0.05, 0.1) is 0 Å². The van der Waals surface area contributed by atoms with Crippen LogP contribution in [-0.4, -0.2) is 6.04 Å². The fourth-order valence-corrected chi connectivity index (χ4v) is 3.16. The zero-order chi connectivity index (χ0) is 15.1. The summed E-state index contributed by atoms with van der Waals surface area (Å²) in [6.07, 6.45) is 7.36. The molecular weight excluding hydrogens is 254 g/mol. The summed E-state index contributed by atoms with van der Waals surface area (Å²) < 4.78 is 0. The van der Waals surface area contributed by atoms with E-state index in [0.717, 1.165) is 18.8 Å². The fourth-order valence-electron chi connectivity index (χ4n) is 3.16. The number of hydrogen-bond donors (Lipinski definition) is 1. The molecule has 0 aliphatic rings. The fraction of sp³-hybridized carbons (Fsp3) is 0.500. The van der Waals surface area contributed by atoms with Crippen LogP contribution in [0.1, 0.15) is 51.5 Å². The van der Waals surface area contributed by atoms with Crippen LogP contribution in [0.2, 0.25) is 0 Å². The summed E-state index contributed by atoms with van der Waals surface area (Å²) in [4.78, 5) is 0. The molecule has 2 atom stereocenters. The van der Waals surface area contributed by atoms with Crippen LogP contribution >= 0.6 is 0 Å². The van der Waals surface area contributed by atoms with Gasteiger partial charge in [0.2, 0.25) is 0 Å². The van der Waals surface area contributed by atoms with Gasteiger partial charge < -0.3 is 5.73 Å². The van der Waals surface area contributed by atoms with E-state index in [4.69, 9.17) is 5.73 Å². The molecule has 2 unspecified atom stereocenters. The van der Waals surface area contributed by atoms with Crippen LogP contribution in [0, 0.1) is 5.92 Å². The van der Waals surface area contributed by atoms with Crippen molar-refractivity contribution in [1.29, 1.82) is 0 Å². The lowest BCUT2D eigenvalue weighted by atomic mass is 9.89. The maximum atomic E-state index is 6.40. The summed E-state index contributed by atoms with van der Waals surface area (Å²) >= 11 is 0. The van der Waals surface area contributed by atoms with Gasteiger partial charge in [0.1, 0.15) is 0 Å². The van der Waals surface area contributed by atoms with Gasteiger partial charge in [-0.1, -0.05) is 82.0 Å². The third-order valence-corrected chi connectivity index (χ3v) is 4.49. The van der Waals surface area contributed by atoms with Crippen molar-refractivity contribution in [3.8, 4) is 0 Å². The molecule has 2 aromatic carbocycles. The first-order valence-corrected chi connectivity index (χ1v) is 8.46. The van der Waals surface area contributed by atoms with E-state index in [0.29, 0.717) is 0 Å². The Morgan fingerprint density at radius 3 is 2.48 bits per heavy atom. The van der Waals surface area contributed by atoms with Crippen molar-refractivity contribution in [3.05, 3.63) is 48.0 Å². The van der Waals surface area contributed by atoms with Crippen LogP contribution in [0.4, 0.5) is 0 Å². The quantitative estimate of drug-likeness (QED) is 0.697. The summed E-state index contributed by atoms with van der Waals surface area (Å²) in [7, 11) is 0. The average Bonchev–Trinajstić information content (AvgIpc) is 2.51. The van der Waals surface area contributed by atoms with E-state index < -0.39 is 0 Å². The van der Waals surface area contributed by atoms with Crippen molar-refractivity contribution in [2.45, 2.75) is 58.4 Å². The number of hydrogen-bond acceptors (Lipinski definition) is 1. The normalized spacial score (nSPS) is 14.2. The van der Waals surface area contributed by atoms with Gasteiger partial charge in [-0.15, -0.1) is 0 Å². The SMILES string of the molecule is CCCCC(CC)CC(N)Cc1ccc2ccccc2c1. The highest BCUT2D eigenvalue weighted by Crippen LogP contribution is 2.21. The van der Waals surface area contributed by atoms with Gasteiger partial charge in [0.15, 0.2) is 0 Å². The highest BCUT2D eigenvalue weighted by atomic mass is 14.6. The summed E-state index contributed by atoms with van der Waals surface area (Å²) in [5.41, 5.74) is 7.77. The Morgan fingerprint density at radius 2 is 1.76 bits per heavy atom. The molecule has 0 aliphatic carbocycles. The summed E-state index contributed by atoms with van der Waals surface area (Å²) in [6, 6.07) is 15.6. The third-order valence-electron chi connectivity index (χ3n) is 4.49. The van der Waals surface area contributed by atoms with E-state index in [9.17, 15) is 0 Å². The molecule has 21 heavy (non-hydrogen) atoms. The van der Waals surface area contributed by atoms with Crippen LogP contribution in [0.5, 0.6) is 0 Å². The number of rotatable bonds is 8. The van der Waals surface area contributed by atoms with Crippen molar-refractivity contribution in [1.82, 2.24) is 0 Å². The second-order valence-corrected chi connectivity index (χ2v) is 6.30. The van der Waals surface area contributed by atoms with Crippen molar-refractivity contribution in [3.63, 3.8) is 0 Å². The van der Waals surface area contributed by atoms with E-state index in [2.05, 4.69) is 56.3 Å². The maximum Gasteiger partial charge on any atom is 0.00819 e. The van der Waals surface area contributed by atoms with E-state index in [1.54, 1.807) is 0 Å². The van der Waals surface area contributed by atoms with Gasteiger partial charge in [-0.05, 0) is 35.1 Å². The predicted molar refractivity (Wildman–Crippen MR) is 93.6 cm³/mol.